The first-order chi connectivity index (χ1) is 10.2. The van der Waals surface area contributed by atoms with Gasteiger partial charge in [0.15, 0.2) is 0 Å². The summed E-state index contributed by atoms with van der Waals surface area (Å²) in [4.78, 5) is 17.7. The monoisotopic (exact) mass is 290 g/mol. The van der Waals surface area contributed by atoms with E-state index >= 15 is 0 Å². The molecule has 1 aliphatic carbocycles. The number of non-ortho nitro benzene ring substituents is 1. The number of hydrogen-bond donors (Lipinski definition) is 2. The van der Waals surface area contributed by atoms with E-state index in [9.17, 15) is 10.1 Å². The SMILES string of the molecule is CNC1CCCCC1Oc1nc2ccc([N+](=O)[O-])cc2[nH]1. The molecule has 2 aromatic rings. The second-order valence-corrected chi connectivity index (χ2v) is 5.34. The number of nitro benzene ring substituents is 1. The average molecular weight is 290 g/mol. The Morgan fingerprint density at radius 2 is 2.24 bits per heavy atom. The molecule has 1 saturated carbocycles. The third-order valence-corrected chi connectivity index (χ3v) is 3.99. The van der Waals surface area contributed by atoms with Crippen molar-refractivity contribution in [3.05, 3.63) is 28.3 Å². The number of hydrogen-bond acceptors (Lipinski definition) is 5. The maximum absolute atomic E-state index is 10.8. The molecular weight excluding hydrogens is 272 g/mol. The molecular formula is C14H18N4O3. The highest BCUT2D eigenvalue weighted by molar-refractivity contribution is 5.78. The van der Waals surface area contributed by atoms with Crippen molar-refractivity contribution in [1.82, 2.24) is 15.3 Å². The molecule has 112 valence electrons. The Kier molecular flexibility index (Phi) is 3.74. The molecule has 1 aromatic heterocycles. The number of benzene rings is 1. The van der Waals surface area contributed by atoms with Gasteiger partial charge in [-0.2, -0.15) is 4.98 Å². The van der Waals surface area contributed by atoms with Crippen LogP contribution in [0, 0.1) is 10.1 Å². The summed E-state index contributed by atoms with van der Waals surface area (Å²) < 4.78 is 5.95. The van der Waals surface area contributed by atoms with Crippen molar-refractivity contribution < 1.29 is 9.66 Å². The van der Waals surface area contributed by atoms with Crippen LogP contribution >= 0.6 is 0 Å². The lowest BCUT2D eigenvalue weighted by Gasteiger charge is -2.30. The van der Waals surface area contributed by atoms with Crippen molar-refractivity contribution in [2.24, 2.45) is 0 Å². The van der Waals surface area contributed by atoms with Gasteiger partial charge in [0, 0.05) is 18.2 Å². The molecule has 3 rings (SSSR count). The number of aromatic amines is 1. The van der Waals surface area contributed by atoms with Crippen molar-refractivity contribution in [2.75, 3.05) is 7.05 Å². The quantitative estimate of drug-likeness (QED) is 0.666. The van der Waals surface area contributed by atoms with Crippen LogP contribution in [-0.2, 0) is 0 Å². The van der Waals surface area contributed by atoms with Crippen LogP contribution in [0.5, 0.6) is 6.01 Å². The van der Waals surface area contributed by atoms with Crippen LogP contribution in [0.4, 0.5) is 5.69 Å². The van der Waals surface area contributed by atoms with Gasteiger partial charge in [0.2, 0.25) is 0 Å². The number of nitrogens with one attached hydrogen (secondary N) is 2. The minimum absolute atomic E-state index is 0.0449. The molecule has 1 aliphatic rings. The van der Waals surface area contributed by atoms with E-state index in [1.165, 1.54) is 18.6 Å². The maximum Gasteiger partial charge on any atom is 0.294 e. The first-order valence-corrected chi connectivity index (χ1v) is 7.15. The zero-order valence-corrected chi connectivity index (χ0v) is 11.8. The largest absolute Gasteiger partial charge is 0.460 e. The summed E-state index contributed by atoms with van der Waals surface area (Å²) in [6.07, 6.45) is 4.52. The Hall–Kier alpha value is -2.15. The van der Waals surface area contributed by atoms with Crippen LogP contribution in [0.15, 0.2) is 18.2 Å². The van der Waals surface area contributed by atoms with Crippen LogP contribution in [0.1, 0.15) is 25.7 Å². The van der Waals surface area contributed by atoms with Gasteiger partial charge in [-0.15, -0.1) is 0 Å². The van der Waals surface area contributed by atoms with Gasteiger partial charge < -0.3 is 15.0 Å². The van der Waals surface area contributed by atoms with Crippen LogP contribution in [0.25, 0.3) is 11.0 Å². The van der Waals surface area contributed by atoms with Gasteiger partial charge in [0.1, 0.15) is 6.10 Å². The topological polar surface area (TPSA) is 93.1 Å². The highest BCUT2D eigenvalue weighted by Crippen LogP contribution is 2.25. The van der Waals surface area contributed by atoms with Crippen LogP contribution < -0.4 is 10.1 Å². The highest BCUT2D eigenvalue weighted by atomic mass is 16.6. The molecule has 2 atom stereocenters. The number of imidazole rings is 1. The third-order valence-electron chi connectivity index (χ3n) is 3.99. The smallest absolute Gasteiger partial charge is 0.294 e. The van der Waals surface area contributed by atoms with E-state index in [2.05, 4.69) is 15.3 Å². The number of likely N-dealkylation sites (N-methyl/N-ethyl adjacent to an activating group) is 1. The molecule has 7 nitrogen and oxygen atoms in total. The predicted molar refractivity (Wildman–Crippen MR) is 78.5 cm³/mol. The highest BCUT2D eigenvalue weighted by Gasteiger charge is 2.26. The predicted octanol–water partition coefficient (Wildman–Crippen LogP) is 2.38. The number of nitrogens with zero attached hydrogens (tertiary/aromatic N) is 2. The zero-order chi connectivity index (χ0) is 14.8. The summed E-state index contributed by atoms with van der Waals surface area (Å²) in [6.45, 7) is 0. The first-order valence-electron chi connectivity index (χ1n) is 7.15. The summed E-state index contributed by atoms with van der Waals surface area (Å²) >= 11 is 0. The van der Waals surface area contributed by atoms with Gasteiger partial charge in [-0.3, -0.25) is 10.1 Å². The molecule has 0 aliphatic heterocycles. The molecule has 1 aromatic carbocycles. The van der Waals surface area contributed by atoms with E-state index in [1.807, 2.05) is 7.05 Å². The van der Waals surface area contributed by atoms with Gasteiger partial charge in [-0.05, 0) is 32.4 Å². The van der Waals surface area contributed by atoms with E-state index in [4.69, 9.17) is 4.74 Å². The first kappa shape index (κ1) is 13.8. The third kappa shape index (κ3) is 2.82. The van der Waals surface area contributed by atoms with Gasteiger partial charge in [0.05, 0.1) is 16.0 Å². The van der Waals surface area contributed by atoms with Crippen LogP contribution in [-0.4, -0.2) is 34.1 Å². The molecule has 0 spiro atoms. The molecule has 2 N–H and O–H groups in total. The zero-order valence-electron chi connectivity index (χ0n) is 11.8. The van der Waals surface area contributed by atoms with Gasteiger partial charge >= 0.3 is 0 Å². The standard InChI is InChI=1S/C14H18N4O3/c1-15-11-4-2-3-5-13(11)21-14-16-10-7-6-9(18(19)20)8-12(10)17-14/h6-8,11,13,15H,2-5H2,1H3,(H,16,17). The van der Waals surface area contributed by atoms with Crippen LogP contribution in [0.3, 0.4) is 0 Å². The lowest BCUT2D eigenvalue weighted by molar-refractivity contribution is -0.384. The average Bonchev–Trinajstić information content (AvgIpc) is 2.89. The number of fused-ring (bicyclic) bond motifs is 1. The van der Waals surface area contributed by atoms with Crippen molar-refractivity contribution in [3.8, 4) is 6.01 Å². The molecule has 2 unspecified atom stereocenters. The van der Waals surface area contributed by atoms with E-state index in [-0.39, 0.29) is 11.8 Å². The fraction of sp³-hybridized carbons (Fsp3) is 0.500. The van der Waals surface area contributed by atoms with Gasteiger partial charge in [-0.25, -0.2) is 0 Å². The van der Waals surface area contributed by atoms with E-state index in [0.717, 1.165) is 19.3 Å². The second-order valence-electron chi connectivity index (χ2n) is 5.34. The Morgan fingerprint density at radius 3 is 3.00 bits per heavy atom. The molecule has 0 saturated heterocycles. The van der Waals surface area contributed by atoms with Crippen LogP contribution in [0.2, 0.25) is 0 Å². The Labute approximate surface area is 121 Å². The summed E-state index contributed by atoms with van der Waals surface area (Å²) in [6, 6.07) is 5.31. The van der Waals surface area contributed by atoms with Crippen molar-refractivity contribution in [3.63, 3.8) is 0 Å². The van der Waals surface area contributed by atoms with Gasteiger partial charge in [0.25, 0.3) is 11.7 Å². The maximum atomic E-state index is 10.8. The summed E-state index contributed by atoms with van der Waals surface area (Å²) in [5.41, 5.74) is 1.34. The summed E-state index contributed by atoms with van der Waals surface area (Å²) in [5, 5.41) is 14.1. The molecule has 0 bridgehead atoms. The van der Waals surface area contributed by atoms with Gasteiger partial charge in [-0.1, -0.05) is 6.42 Å². The Bertz CT molecular complexity index is 655. The number of nitro groups is 1. The Morgan fingerprint density at radius 1 is 1.43 bits per heavy atom. The van der Waals surface area contributed by atoms with E-state index < -0.39 is 4.92 Å². The summed E-state index contributed by atoms with van der Waals surface area (Å²) in [5.74, 6) is 0. The fourth-order valence-corrected chi connectivity index (χ4v) is 2.86. The molecule has 0 radical (unpaired) electrons. The van der Waals surface area contributed by atoms with Crippen molar-refractivity contribution >= 4 is 16.7 Å². The molecule has 1 heterocycles. The Balaban J connectivity index is 1.82. The number of ether oxygens (including phenoxy) is 1. The lowest BCUT2D eigenvalue weighted by Crippen LogP contribution is -2.43. The molecule has 7 heteroatoms. The molecule has 1 fully saturated rings. The van der Waals surface area contributed by atoms with Crippen molar-refractivity contribution in [1.29, 1.82) is 0 Å². The fourth-order valence-electron chi connectivity index (χ4n) is 2.86. The molecule has 21 heavy (non-hydrogen) atoms. The molecule has 0 amide bonds. The summed E-state index contributed by atoms with van der Waals surface area (Å²) in [7, 11) is 1.94. The minimum atomic E-state index is -0.418. The van der Waals surface area contributed by atoms with E-state index in [1.54, 1.807) is 6.07 Å². The van der Waals surface area contributed by atoms with E-state index in [0.29, 0.717) is 23.1 Å². The van der Waals surface area contributed by atoms with Crippen molar-refractivity contribution in [2.45, 2.75) is 37.8 Å². The minimum Gasteiger partial charge on any atom is -0.460 e. The number of H-pyrrole nitrogens is 1. The lowest BCUT2D eigenvalue weighted by atomic mass is 9.92. The number of aromatic nitrogens is 2. The number of rotatable bonds is 4. The second kappa shape index (κ2) is 5.69. The normalized spacial score (nSPS) is 22.3.